The van der Waals surface area contributed by atoms with Crippen LogP contribution in [0, 0.1) is 11.6 Å². The Morgan fingerprint density at radius 1 is 1.00 bits per heavy atom. The molecule has 0 saturated carbocycles. The zero-order valence-electron chi connectivity index (χ0n) is 11.4. The van der Waals surface area contributed by atoms with Gasteiger partial charge in [-0.2, -0.15) is 0 Å². The summed E-state index contributed by atoms with van der Waals surface area (Å²) in [5.74, 6) is -1.09. The molecule has 0 saturated heterocycles. The minimum atomic E-state index is -1.17. The van der Waals surface area contributed by atoms with E-state index < -0.39 is 17.7 Å². The van der Waals surface area contributed by atoms with Gasteiger partial charge in [-0.15, -0.1) is 0 Å². The van der Waals surface area contributed by atoms with Crippen molar-refractivity contribution in [3.63, 3.8) is 0 Å². The van der Waals surface area contributed by atoms with Crippen LogP contribution < -0.4 is 9.47 Å². The van der Waals surface area contributed by atoms with E-state index in [1.54, 1.807) is 12.1 Å². The van der Waals surface area contributed by atoms with E-state index in [1.165, 1.54) is 20.3 Å². The van der Waals surface area contributed by atoms with E-state index in [2.05, 4.69) is 15.9 Å². The maximum atomic E-state index is 13.3. The van der Waals surface area contributed by atoms with Crippen LogP contribution in [-0.2, 0) is 0 Å². The molecule has 0 heterocycles. The van der Waals surface area contributed by atoms with Crippen LogP contribution in [0.3, 0.4) is 0 Å². The molecule has 0 spiro atoms. The van der Waals surface area contributed by atoms with Crippen molar-refractivity contribution in [3.05, 3.63) is 57.6 Å². The van der Waals surface area contributed by atoms with Crippen LogP contribution in [0.4, 0.5) is 8.78 Å². The van der Waals surface area contributed by atoms with E-state index in [4.69, 9.17) is 9.47 Å². The minimum absolute atomic E-state index is 0.219. The van der Waals surface area contributed by atoms with Gasteiger partial charge in [-0.25, -0.2) is 8.78 Å². The molecule has 2 rings (SSSR count). The van der Waals surface area contributed by atoms with Crippen molar-refractivity contribution in [1.82, 2.24) is 0 Å². The smallest absolute Gasteiger partial charge is 0.159 e. The molecule has 0 aliphatic rings. The van der Waals surface area contributed by atoms with Gasteiger partial charge in [0.2, 0.25) is 0 Å². The third-order valence-electron chi connectivity index (χ3n) is 3.06. The predicted molar refractivity (Wildman–Crippen MR) is 77.7 cm³/mol. The van der Waals surface area contributed by atoms with Gasteiger partial charge in [-0.05, 0) is 45.8 Å². The first-order valence-corrected chi connectivity index (χ1v) is 6.81. The second kappa shape index (κ2) is 6.41. The van der Waals surface area contributed by atoms with Gasteiger partial charge in [-0.1, -0.05) is 6.07 Å². The highest BCUT2D eigenvalue weighted by Gasteiger charge is 2.19. The van der Waals surface area contributed by atoms with Crippen LogP contribution in [0.15, 0.2) is 34.8 Å². The average Bonchev–Trinajstić information content (AvgIpc) is 2.49. The monoisotopic (exact) mass is 358 g/mol. The number of aliphatic hydroxyl groups excluding tert-OH is 1. The van der Waals surface area contributed by atoms with Crippen molar-refractivity contribution in [3.8, 4) is 11.5 Å². The SMILES string of the molecule is COc1cc(C(O)c2ccc(F)c(F)c2)c(OC)cc1Br. The minimum Gasteiger partial charge on any atom is -0.496 e. The van der Waals surface area contributed by atoms with Gasteiger partial charge in [0.25, 0.3) is 0 Å². The Bertz CT molecular complexity index is 662. The molecule has 1 atom stereocenters. The molecular weight excluding hydrogens is 346 g/mol. The van der Waals surface area contributed by atoms with Gasteiger partial charge in [-0.3, -0.25) is 0 Å². The highest BCUT2D eigenvalue weighted by atomic mass is 79.9. The van der Waals surface area contributed by atoms with E-state index in [0.29, 0.717) is 21.5 Å². The molecular formula is C15H13BrF2O3. The molecule has 0 radical (unpaired) electrons. The molecule has 0 bridgehead atoms. The first kappa shape index (κ1) is 15.7. The zero-order chi connectivity index (χ0) is 15.6. The van der Waals surface area contributed by atoms with Crippen LogP contribution in [0.25, 0.3) is 0 Å². The van der Waals surface area contributed by atoms with E-state index in [-0.39, 0.29) is 5.56 Å². The predicted octanol–water partition coefficient (Wildman–Crippen LogP) is 3.83. The lowest BCUT2D eigenvalue weighted by molar-refractivity contribution is 0.213. The summed E-state index contributed by atoms with van der Waals surface area (Å²) in [7, 11) is 2.94. The molecule has 112 valence electrons. The molecule has 0 aliphatic carbocycles. The maximum Gasteiger partial charge on any atom is 0.159 e. The largest absolute Gasteiger partial charge is 0.496 e. The Kier molecular flexibility index (Phi) is 4.80. The fraction of sp³-hybridized carbons (Fsp3) is 0.200. The number of hydrogen-bond donors (Lipinski definition) is 1. The van der Waals surface area contributed by atoms with Crippen LogP contribution >= 0.6 is 15.9 Å². The average molecular weight is 359 g/mol. The molecule has 2 aromatic rings. The maximum absolute atomic E-state index is 13.3. The molecule has 1 N–H and O–H groups in total. The molecule has 0 amide bonds. The van der Waals surface area contributed by atoms with Crippen LogP contribution in [-0.4, -0.2) is 19.3 Å². The molecule has 0 aromatic heterocycles. The molecule has 1 unspecified atom stereocenters. The standard InChI is InChI=1S/C15H13BrF2O3/c1-20-13-7-10(16)14(21-2)6-9(13)15(19)8-3-4-11(17)12(18)5-8/h3-7,15,19H,1-2H3. The van der Waals surface area contributed by atoms with Gasteiger partial charge in [0, 0.05) is 5.56 Å². The summed E-state index contributed by atoms with van der Waals surface area (Å²) in [6, 6.07) is 6.45. The highest BCUT2D eigenvalue weighted by Crippen LogP contribution is 2.38. The number of methoxy groups -OCH3 is 2. The van der Waals surface area contributed by atoms with Crippen molar-refractivity contribution >= 4 is 15.9 Å². The fourth-order valence-electron chi connectivity index (χ4n) is 1.96. The summed E-state index contributed by atoms with van der Waals surface area (Å²) in [5, 5.41) is 10.4. The molecule has 3 nitrogen and oxygen atoms in total. The number of halogens is 3. The van der Waals surface area contributed by atoms with Crippen LogP contribution in [0.2, 0.25) is 0 Å². The van der Waals surface area contributed by atoms with Crippen LogP contribution in [0.1, 0.15) is 17.2 Å². The van der Waals surface area contributed by atoms with Crippen molar-refractivity contribution in [2.45, 2.75) is 6.10 Å². The van der Waals surface area contributed by atoms with E-state index in [9.17, 15) is 13.9 Å². The summed E-state index contributed by atoms with van der Waals surface area (Å²) < 4.78 is 37.3. The molecule has 21 heavy (non-hydrogen) atoms. The topological polar surface area (TPSA) is 38.7 Å². The van der Waals surface area contributed by atoms with Gasteiger partial charge >= 0.3 is 0 Å². The quantitative estimate of drug-likeness (QED) is 0.902. The fourth-order valence-corrected chi connectivity index (χ4v) is 2.44. The summed E-state index contributed by atoms with van der Waals surface area (Å²) in [5.41, 5.74) is 0.611. The number of ether oxygens (including phenoxy) is 2. The summed E-state index contributed by atoms with van der Waals surface area (Å²) in [6.07, 6.45) is -1.17. The Morgan fingerprint density at radius 3 is 2.24 bits per heavy atom. The lowest BCUT2D eigenvalue weighted by atomic mass is 10.00. The second-order valence-electron chi connectivity index (χ2n) is 4.30. The van der Waals surface area contributed by atoms with Crippen LogP contribution in [0.5, 0.6) is 11.5 Å². The second-order valence-corrected chi connectivity index (χ2v) is 5.16. The van der Waals surface area contributed by atoms with E-state index >= 15 is 0 Å². The van der Waals surface area contributed by atoms with E-state index in [0.717, 1.165) is 12.1 Å². The van der Waals surface area contributed by atoms with Crippen molar-refractivity contribution in [2.75, 3.05) is 14.2 Å². The molecule has 6 heteroatoms. The lowest BCUT2D eigenvalue weighted by Gasteiger charge is -2.17. The van der Waals surface area contributed by atoms with Crippen molar-refractivity contribution < 1.29 is 23.4 Å². The zero-order valence-corrected chi connectivity index (χ0v) is 12.9. The first-order chi connectivity index (χ1) is 9.97. The molecule has 0 aliphatic heterocycles. The Morgan fingerprint density at radius 2 is 1.67 bits per heavy atom. The van der Waals surface area contributed by atoms with Crippen molar-refractivity contribution in [2.24, 2.45) is 0 Å². The summed E-state index contributed by atoms with van der Waals surface area (Å²) in [4.78, 5) is 0. The Balaban J connectivity index is 2.50. The van der Waals surface area contributed by atoms with Crippen molar-refractivity contribution in [1.29, 1.82) is 0 Å². The molecule has 2 aromatic carbocycles. The first-order valence-electron chi connectivity index (χ1n) is 6.02. The number of rotatable bonds is 4. The van der Waals surface area contributed by atoms with Gasteiger partial charge in [0.1, 0.15) is 17.6 Å². The van der Waals surface area contributed by atoms with Gasteiger partial charge in [0.15, 0.2) is 11.6 Å². The van der Waals surface area contributed by atoms with Gasteiger partial charge < -0.3 is 14.6 Å². The lowest BCUT2D eigenvalue weighted by Crippen LogP contribution is -2.04. The number of aliphatic hydroxyl groups is 1. The molecule has 0 fully saturated rings. The highest BCUT2D eigenvalue weighted by molar-refractivity contribution is 9.10. The Labute approximate surface area is 129 Å². The summed E-state index contributed by atoms with van der Waals surface area (Å²) in [6.45, 7) is 0. The van der Waals surface area contributed by atoms with E-state index in [1.807, 2.05) is 0 Å². The summed E-state index contributed by atoms with van der Waals surface area (Å²) >= 11 is 3.31. The third kappa shape index (κ3) is 3.16. The third-order valence-corrected chi connectivity index (χ3v) is 3.68. The Hall–Kier alpha value is -1.66. The number of benzene rings is 2. The number of hydrogen-bond acceptors (Lipinski definition) is 3. The van der Waals surface area contributed by atoms with Gasteiger partial charge in [0.05, 0.1) is 18.7 Å². The normalized spacial score (nSPS) is 12.1.